The van der Waals surface area contributed by atoms with Gasteiger partial charge in [0, 0.05) is 19.5 Å². The Kier molecular flexibility index (Phi) is 7.13. The van der Waals surface area contributed by atoms with Crippen molar-refractivity contribution in [1.29, 1.82) is 5.26 Å². The Morgan fingerprint density at radius 1 is 1.08 bits per heavy atom. The number of hydrogen-bond acceptors (Lipinski definition) is 4. The molecule has 0 radical (unpaired) electrons. The molecule has 0 aliphatic carbocycles. The lowest BCUT2D eigenvalue weighted by Crippen LogP contribution is -2.13. The summed E-state index contributed by atoms with van der Waals surface area (Å²) in [5.41, 5.74) is 3.51. The van der Waals surface area contributed by atoms with E-state index in [-0.39, 0.29) is 0 Å². The second-order valence-corrected chi connectivity index (χ2v) is 5.67. The van der Waals surface area contributed by atoms with Crippen LogP contribution in [-0.2, 0) is 13.1 Å². The molecule has 0 amide bonds. The SMILES string of the molecule is COc1cc(CNCc2cccc(OCCCC#N)c2)ccc1C. The van der Waals surface area contributed by atoms with Crippen LogP contribution < -0.4 is 14.8 Å². The molecule has 1 N–H and O–H groups in total. The largest absolute Gasteiger partial charge is 0.496 e. The molecule has 24 heavy (non-hydrogen) atoms. The third-order valence-corrected chi connectivity index (χ3v) is 3.73. The Labute approximate surface area is 144 Å². The zero-order valence-corrected chi connectivity index (χ0v) is 14.3. The van der Waals surface area contributed by atoms with Gasteiger partial charge in [-0.15, -0.1) is 0 Å². The maximum atomic E-state index is 8.53. The van der Waals surface area contributed by atoms with Crippen LogP contribution in [0.15, 0.2) is 42.5 Å². The first-order chi connectivity index (χ1) is 11.7. The van der Waals surface area contributed by atoms with Gasteiger partial charge in [0.25, 0.3) is 0 Å². The van der Waals surface area contributed by atoms with Gasteiger partial charge in [-0.2, -0.15) is 5.26 Å². The second kappa shape index (κ2) is 9.59. The highest BCUT2D eigenvalue weighted by Gasteiger charge is 2.01. The van der Waals surface area contributed by atoms with Gasteiger partial charge in [-0.25, -0.2) is 0 Å². The van der Waals surface area contributed by atoms with Crippen LogP contribution in [0.2, 0.25) is 0 Å². The van der Waals surface area contributed by atoms with Gasteiger partial charge < -0.3 is 14.8 Å². The van der Waals surface area contributed by atoms with Crippen molar-refractivity contribution in [3.8, 4) is 17.6 Å². The average Bonchev–Trinajstić information content (AvgIpc) is 2.60. The van der Waals surface area contributed by atoms with Gasteiger partial charge in [-0.05, 0) is 48.2 Å². The van der Waals surface area contributed by atoms with Crippen LogP contribution in [0.3, 0.4) is 0 Å². The minimum Gasteiger partial charge on any atom is -0.496 e. The Balaban J connectivity index is 1.83. The molecule has 0 saturated carbocycles. The van der Waals surface area contributed by atoms with Gasteiger partial charge in [-0.1, -0.05) is 24.3 Å². The zero-order chi connectivity index (χ0) is 17.2. The van der Waals surface area contributed by atoms with Crippen molar-refractivity contribution in [3.63, 3.8) is 0 Å². The monoisotopic (exact) mass is 324 g/mol. The number of methoxy groups -OCH3 is 1. The van der Waals surface area contributed by atoms with E-state index < -0.39 is 0 Å². The molecule has 4 heteroatoms. The van der Waals surface area contributed by atoms with E-state index in [0.29, 0.717) is 13.0 Å². The fourth-order valence-electron chi connectivity index (χ4n) is 2.41. The van der Waals surface area contributed by atoms with Crippen LogP contribution in [0, 0.1) is 18.3 Å². The van der Waals surface area contributed by atoms with Crippen LogP contribution in [0.1, 0.15) is 29.5 Å². The standard InChI is InChI=1S/C20H24N2O2/c1-16-8-9-18(13-20(16)23-2)15-22-14-17-6-5-7-19(12-17)24-11-4-3-10-21/h5-9,12-13,22H,3-4,11,14-15H2,1-2H3. The molecule has 2 aromatic carbocycles. The Hall–Kier alpha value is -2.51. The number of nitrogens with one attached hydrogen (secondary N) is 1. The second-order valence-electron chi connectivity index (χ2n) is 5.67. The maximum Gasteiger partial charge on any atom is 0.122 e. The molecular formula is C20H24N2O2. The Morgan fingerprint density at radius 2 is 1.88 bits per heavy atom. The molecular weight excluding hydrogens is 300 g/mol. The lowest BCUT2D eigenvalue weighted by Gasteiger charge is -2.10. The number of hydrogen-bond donors (Lipinski definition) is 1. The summed E-state index contributed by atoms with van der Waals surface area (Å²) in [5, 5.41) is 12.0. The quantitative estimate of drug-likeness (QED) is 0.709. The predicted molar refractivity (Wildman–Crippen MR) is 95.1 cm³/mol. The highest BCUT2D eigenvalue weighted by Crippen LogP contribution is 2.19. The van der Waals surface area contributed by atoms with Gasteiger partial charge in [-0.3, -0.25) is 0 Å². The summed E-state index contributed by atoms with van der Waals surface area (Å²) in [4.78, 5) is 0. The fourth-order valence-corrected chi connectivity index (χ4v) is 2.41. The normalized spacial score (nSPS) is 10.2. The summed E-state index contributed by atoms with van der Waals surface area (Å²) in [6.07, 6.45) is 1.29. The van der Waals surface area contributed by atoms with Crippen LogP contribution >= 0.6 is 0 Å². The maximum absolute atomic E-state index is 8.53. The molecule has 0 spiro atoms. The number of nitriles is 1. The molecule has 2 aromatic rings. The molecule has 0 bridgehead atoms. The molecule has 2 rings (SSSR count). The molecule has 4 nitrogen and oxygen atoms in total. The van der Waals surface area contributed by atoms with Crippen molar-refractivity contribution in [2.75, 3.05) is 13.7 Å². The summed E-state index contributed by atoms with van der Waals surface area (Å²) in [6.45, 7) is 4.17. The lowest BCUT2D eigenvalue weighted by atomic mass is 10.1. The lowest BCUT2D eigenvalue weighted by molar-refractivity contribution is 0.312. The zero-order valence-electron chi connectivity index (χ0n) is 14.3. The number of nitrogens with zero attached hydrogens (tertiary/aromatic N) is 1. The van der Waals surface area contributed by atoms with Crippen molar-refractivity contribution in [3.05, 3.63) is 59.2 Å². The van der Waals surface area contributed by atoms with Gasteiger partial charge in [0.1, 0.15) is 11.5 Å². The third kappa shape index (κ3) is 5.60. The van der Waals surface area contributed by atoms with Crippen LogP contribution in [0.5, 0.6) is 11.5 Å². The van der Waals surface area contributed by atoms with Crippen molar-refractivity contribution < 1.29 is 9.47 Å². The summed E-state index contributed by atoms with van der Waals surface area (Å²) in [6, 6.07) is 16.4. The molecule has 0 atom stereocenters. The van der Waals surface area contributed by atoms with E-state index in [2.05, 4.69) is 35.7 Å². The summed E-state index contributed by atoms with van der Waals surface area (Å²) in [7, 11) is 1.70. The van der Waals surface area contributed by atoms with Crippen LogP contribution in [-0.4, -0.2) is 13.7 Å². The smallest absolute Gasteiger partial charge is 0.122 e. The topological polar surface area (TPSA) is 54.3 Å². The predicted octanol–water partition coefficient (Wildman–Crippen LogP) is 3.98. The van der Waals surface area contributed by atoms with E-state index in [1.807, 2.05) is 25.1 Å². The minimum absolute atomic E-state index is 0.529. The molecule has 0 heterocycles. The number of aryl methyl sites for hydroxylation is 1. The molecule has 0 fully saturated rings. The summed E-state index contributed by atoms with van der Waals surface area (Å²) < 4.78 is 11.0. The van der Waals surface area contributed by atoms with Crippen LogP contribution in [0.4, 0.5) is 0 Å². The first kappa shape index (κ1) is 17.8. The summed E-state index contributed by atoms with van der Waals surface area (Å²) in [5.74, 6) is 1.77. The van der Waals surface area contributed by atoms with Gasteiger partial charge in [0.15, 0.2) is 0 Å². The molecule has 0 aliphatic heterocycles. The van der Waals surface area contributed by atoms with Gasteiger partial charge >= 0.3 is 0 Å². The molecule has 0 unspecified atom stereocenters. The minimum atomic E-state index is 0.529. The number of ether oxygens (including phenoxy) is 2. The first-order valence-corrected chi connectivity index (χ1v) is 8.16. The third-order valence-electron chi connectivity index (χ3n) is 3.73. The van der Waals surface area contributed by atoms with Gasteiger partial charge in [0.05, 0.1) is 19.8 Å². The molecule has 0 aromatic heterocycles. The highest BCUT2D eigenvalue weighted by atomic mass is 16.5. The average molecular weight is 324 g/mol. The van der Waals surface area contributed by atoms with Crippen molar-refractivity contribution in [1.82, 2.24) is 5.32 Å². The van der Waals surface area contributed by atoms with E-state index in [1.54, 1.807) is 7.11 Å². The summed E-state index contributed by atoms with van der Waals surface area (Å²) >= 11 is 0. The molecule has 0 aliphatic rings. The number of benzene rings is 2. The van der Waals surface area contributed by atoms with Crippen molar-refractivity contribution >= 4 is 0 Å². The Morgan fingerprint density at radius 3 is 2.62 bits per heavy atom. The van der Waals surface area contributed by atoms with E-state index >= 15 is 0 Å². The molecule has 0 saturated heterocycles. The van der Waals surface area contributed by atoms with E-state index in [1.165, 1.54) is 11.1 Å². The number of unbranched alkanes of at least 4 members (excludes halogenated alkanes) is 1. The number of rotatable bonds is 9. The Bertz CT molecular complexity index is 692. The first-order valence-electron chi connectivity index (χ1n) is 8.16. The van der Waals surface area contributed by atoms with Crippen molar-refractivity contribution in [2.45, 2.75) is 32.9 Å². The van der Waals surface area contributed by atoms with E-state index in [9.17, 15) is 0 Å². The van der Waals surface area contributed by atoms with E-state index in [4.69, 9.17) is 14.7 Å². The van der Waals surface area contributed by atoms with Crippen molar-refractivity contribution in [2.24, 2.45) is 0 Å². The molecule has 126 valence electrons. The fraction of sp³-hybridized carbons (Fsp3) is 0.350. The van der Waals surface area contributed by atoms with Gasteiger partial charge in [0.2, 0.25) is 0 Å². The van der Waals surface area contributed by atoms with E-state index in [0.717, 1.165) is 36.6 Å². The van der Waals surface area contributed by atoms with Crippen LogP contribution in [0.25, 0.3) is 0 Å². The highest BCUT2D eigenvalue weighted by molar-refractivity contribution is 5.36.